The lowest BCUT2D eigenvalue weighted by Crippen LogP contribution is -2.49. The van der Waals surface area contributed by atoms with Crippen molar-refractivity contribution in [3.05, 3.63) is 34.9 Å². The molecule has 4 heteroatoms. The van der Waals surface area contributed by atoms with E-state index in [1.54, 1.807) is 0 Å². The number of piperidine rings is 1. The maximum absolute atomic E-state index is 12.3. The van der Waals surface area contributed by atoms with Gasteiger partial charge in [-0.3, -0.25) is 0 Å². The summed E-state index contributed by atoms with van der Waals surface area (Å²) in [6, 6.07) is 6.62. The van der Waals surface area contributed by atoms with Crippen LogP contribution >= 0.6 is 0 Å². The van der Waals surface area contributed by atoms with Crippen molar-refractivity contribution in [2.75, 3.05) is 19.7 Å². The molecule has 2 amide bonds. The zero-order valence-corrected chi connectivity index (χ0v) is 13.9. The molecule has 0 aliphatic carbocycles. The van der Waals surface area contributed by atoms with E-state index < -0.39 is 0 Å². The third kappa shape index (κ3) is 4.73. The molecule has 1 aromatic rings. The summed E-state index contributed by atoms with van der Waals surface area (Å²) in [7, 11) is 0. The van der Waals surface area contributed by atoms with Crippen LogP contribution in [0, 0.1) is 19.8 Å². The second-order valence-corrected chi connectivity index (χ2v) is 6.69. The predicted molar refractivity (Wildman–Crippen MR) is 89.0 cm³/mol. The number of carbonyl (C=O) groups excluding carboxylic acids is 1. The van der Waals surface area contributed by atoms with Crippen LogP contribution in [0.1, 0.15) is 36.5 Å². The van der Waals surface area contributed by atoms with Crippen LogP contribution in [0.25, 0.3) is 0 Å². The molecule has 0 aromatic heterocycles. The maximum Gasteiger partial charge on any atom is 0.317 e. The minimum Gasteiger partial charge on any atom is -0.396 e. The molecule has 2 N–H and O–H groups in total. The average Bonchev–Trinajstić information content (AvgIpc) is 2.46. The van der Waals surface area contributed by atoms with Gasteiger partial charge in [0.2, 0.25) is 0 Å². The van der Waals surface area contributed by atoms with Crippen molar-refractivity contribution < 1.29 is 9.90 Å². The maximum atomic E-state index is 12.3. The topological polar surface area (TPSA) is 52.6 Å². The number of aliphatic hydroxyl groups is 1. The van der Waals surface area contributed by atoms with Crippen molar-refractivity contribution in [2.45, 2.75) is 46.1 Å². The Hall–Kier alpha value is -1.55. The first-order valence-electron chi connectivity index (χ1n) is 8.21. The van der Waals surface area contributed by atoms with E-state index in [0.29, 0.717) is 6.54 Å². The van der Waals surface area contributed by atoms with Crippen LogP contribution in [-0.4, -0.2) is 41.8 Å². The van der Waals surface area contributed by atoms with Gasteiger partial charge in [-0.25, -0.2) is 4.79 Å². The van der Waals surface area contributed by atoms with Crippen molar-refractivity contribution in [1.29, 1.82) is 0 Å². The molecule has 0 radical (unpaired) electrons. The highest BCUT2D eigenvalue weighted by atomic mass is 16.3. The number of rotatable bonds is 4. The smallest absolute Gasteiger partial charge is 0.317 e. The molecular formula is C18H28N2O2. The van der Waals surface area contributed by atoms with Crippen molar-refractivity contribution in [2.24, 2.45) is 5.92 Å². The summed E-state index contributed by atoms with van der Waals surface area (Å²) in [5, 5.41) is 12.3. The zero-order chi connectivity index (χ0) is 16.1. The molecule has 0 unspecified atom stereocenters. The molecule has 4 nitrogen and oxygen atoms in total. The van der Waals surface area contributed by atoms with Gasteiger partial charge < -0.3 is 15.3 Å². The molecule has 0 bridgehead atoms. The van der Waals surface area contributed by atoms with Gasteiger partial charge in [0, 0.05) is 25.7 Å². The number of hydrogen-bond acceptors (Lipinski definition) is 2. The number of aryl methyl sites for hydroxylation is 2. The molecule has 1 saturated heterocycles. The summed E-state index contributed by atoms with van der Waals surface area (Å²) in [6.07, 6.45) is 2.83. The van der Waals surface area contributed by atoms with Gasteiger partial charge in [0.1, 0.15) is 0 Å². The fraction of sp³-hybridized carbons (Fsp3) is 0.611. The van der Waals surface area contributed by atoms with Crippen LogP contribution in [0.2, 0.25) is 0 Å². The molecule has 1 aromatic carbocycles. The number of nitrogens with zero attached hydrogens (tertiary/aromatic N) is 1. The SMILES string of the molecule is Cc1cc(C)cc(C[C@H](C)NC(=O)N2CCC[C@H](CO)C2)c1. The van der Waals surface area contributed by atoms with Gasteiger partial charge in [-0.1, -0.05) is 29.3 Å². The van der Waals surface area contributed by atoms with E-state index >= 15 is 0 Å². The molecule has 2 atom stereocenters. The van der Waals surface area contributed by atoms with Gasteiger partial charge in [-0.2, -0.15) is 0 Å². The monoisotopic (exact) mass is 304 g/mol. The molecule has 2 rings (SSSR count). The first-order valence-corrected chi connectivity index (χ1v) is 8.21. The number of aliphatic hydroxyl groups excluding tert-OH is 1. The van der Waals surface area contributed by atoms with Gasteiger partial charge >= 0.3 is 6.03 Å². The summed E-state index contributed by atoms with van der Waals surface area (Å²) in [5.74, 6) is 0.231. The number of urea groups is 1. The standard InChI is InChI=1S/C18H28N2O2/c1-13-7-14(2)9-17(8-13)10-15(3)19-18(22)20-6-4-5-16(11-20)12-21/h7-9,15-16,21H,4-6,10-12H2,1-3H3,(H,19,22)/t15-,16-/m0/s1. The number of benzene rings is 1. The largest absolute Gasteiger partial charge is 0.396 e. The van der Waals surface area contributed by atoms with Crippen molar-refractivity contribution in [3.8, 4) is 0 Å². The summed E-state index contributed by atoms with van der Waals surface area (Å²) >= 11 is 0. The number of nitrogens with one attached hydrogen (secondary N) is 1. The fourth-order valence-electron chi connectivity index (χ4n) is 3.29. The van der Waals surface area contributed by atoms with Gasteiger partial charge in [0.05, 0.1) is 0 Å². The number of hydrogen-bond donors (Lipinski definition) is 2. The van der Waals surface area contributed by atoms with E-state index in [4.69, 9.17) is 0 Å². The van der Waals surface area contributed by atoms with E-state index in [2.05, 4.69) is 37.4 Å². The lowest BCUT2D eigenvalue weighted by molar-refractivity contribution is 0.128. The quantitative estimate of drug-likeness (QED) is 0.898. The van der Waals surface area contributed by atoms with Crippen molar-refractivity contribution >= 4 is 6.03 Å². The highest BCUT2D eigenvalue weighted by Crippen LogP contribution is 2.16. The molecule has 1 aliphatic heterocycles. The Kier molecular flexibility index (Phi) is 5.83. The molecule has 22 heavy (non-hydrogen) atoms. The van der Waals surface area contributed by atoms with Gasteiger partial charge in [0.15, 0.2) is 0 Å². The molecule has 1 aliphatic rings. The third-order valence-corrected chi connectivity index (χ3v) is 4.26. The Morgan fingerprint density at radius 2 is 2.05 bits per heavy atom. The average molecular weight is 304 g/mol. The van der Waals surface area contributed by atoms with E-state index in [-0.39, 0.29) is 24.6 Å². The van der Waals surface area contributed by atoms with Crippen LogP contribution in [0.3, 0.4) is 0 Å². The second kappa shape index (κ2) is 7.63. The molecule has 1 heterocycles. The van der Waals surface area contributed by atoms with Crippen molar-refractivity contribution in [1.82, 2.24) is 10.2 Å². The van der Waals surface area contributed by atoms with Crippen LogP contribution in [-0.2, 0) is 6.42 Å². The minimum absolute atomic E-state index is 0.00461. The summed E-state index contributed by atoms with van der Waals surface area (Å²) in [6.45, 7) is 7.87. The molecule has 122 valence electrons. The first kappa shape index (κ1) is 16.8. The normalized spacial score (nSPS) is 19.8. The lowest BCUT2D eigenvalue weighted by atomic mass is 9.99. The Morgan fingerprint density at radius 3 is 2.68 bits per heavy atom. The second-order valence-electron chi connectivity index (χ2n) is 6.69. The highest BCUT2D eigenvalue weighted by Gasteiger charge is 2.23. The molecular weight excluding hydrogens is 276 g/mol. The van der Waals surface area contributed by atoms with E-state index in [0.717, 1.165) is 25.8 Å². The van der Waals surface area contributed by atoms with Crippen LogP contribution in [0.4, 0.5) is 4.79 Å². The number of likely N-dealkylation sites (tertiary alicyclic amines) is 1. The van der Waals surface area contributed by atoms with Crippen LogP contribution in [0.15, 0.2) is 18.2 Å². The fourth-order valence-corrected chi connectivity index (χ4v) is 3.29. The molecule has 0 saturated carbocycles. The number of carbonyl (C=O) groups is 1. The van der Waals surface area contributed by atoms with E-state index in [1.807, 2.05) is 11.8 Å². The first-order chi connectivity index (χ1) is 10.5. The Balaban J connectivity index is 1.88. The van der Waals surface area contributed by atoms with Crippen LogP contribution < -0.4 is 5.32 Å². The Bertz CT molecular complexity index is 496. The van der Waals surface area contributed by atoms with Gasteiger partial charge in [0.25, 0.3) is 0 Å². The van der Waals surface area contributed by atoms with E-state index in [9.17, 15) is 9.90 Å². The van der Waals surface area contributed by atoms with E-state index in [1.165, 1.54) is 16.7 Å². The predicted octanol–water partition coefficient (Wildman–Crippen LogP) is 2.65. The summed E-state index contributed by atoms with van der Waals surface area (Å²) < 4.78 is 0. The van der Waals surface area contributed by atoms with Gasteiger partial charge in [-0.15, -0.1) is 0 Å². The minimum atomic E-state index is -0.00461. The Morgan fingerprint density at radius 1 is 1.36 bits per heavy atom. The van der Waals surface area contributed by atoms with Crippen molar-refractivity contribution in [3.63, 3.8) is 0 Å². The van der Waals surface area contributed by atoms with Gasteiger partial charge in [-0.05, 0) is 51.5 Å². The molecule has 1 fully saturated rings. The summed E-state index contributed by atoms with van der Waals surface area (Å²) in [5.41, 5.74) is 3.78. The lowest BCUT2D eigenvalue weighted by Gasteiger charge is -2.32. The van der Waals surface area contributed by atoms with Crippen LogP contribution in [0.5, 0.6) is 0 Å². The highest BCUT2D eigenvalue weighted by molar-refractivity contribution is 5.74. The zero-order valence-electron chi connectivity index (χ0n) is 13.9. The molecule has 0 spiro atoms. The number of amides is 2. The Labute approximate surface area is 133 Å². The third-order valence-electron chi connectivity index (χ3n) is 4.26. The summed E-state index contributed by atoms with van der Waals surface area (Å²) in [4.78, 5) is 14.2.